The van der Waals surface area contributed by atoms with Crippen molar-refractivity contribution in [3.63, 3.8) is 0 Å². The standard InChI is InChI=1S/C21H19Br2N3O4S/c1-14-3-9-19(10-4-14)31(28,29)26(17-7-5-16(22)6-8-17)13-21(27)25-24-12-18-11-20(23)15(2)30-18/h3-12H,13H2,1-2H3,(H,25,27)/b24-12-. The molecule has 0 radical (unpaired) electrons. The largest absolute Gasteiger partial charge is 0.459 e. The molecule has 162 valence electrons. The van der Waals surface area contributed by atoms with Crippen molar-refractivity contribution >= 4 is 59.7 Å². The van der Waals surface area contributed by atoms with Crippen LogP contribution in [0.4, 0.5) is 5.69 Å². The van der Waals surface area contributed by atoms with E-state index in [9.17, 15) is 13.2 Å². The zero-order chi connectivity index (χ0) is 22.6. The Balaban J connectivity index is 1.83. The van der Waals surface area contributed by atoms with Crippen molar-refractivity contribution in [2.75, 3.05) is 10.8 Å². The third-order valence-corrected chi connectivity index (χ3v) is 7.37. The van der Waals surface area contributed by atoms with Crippen LogP contribution in [0.2, 0.25) is 0 Å². The van der Waals surface area contributed by atoms with Crippen LogP contribution in [0.25, 0.3) is 0 Å². The number of benzene rings is 2. The highest BCUT2D eigenvalue weighted by Gasteiger charge is 2.27. The van der Waals surface area contributed by atoms with Gasteiger partial charge in [0.25, 0.3) is 15.9 Å². The number of anilines is 1. The molecule has 1 N–H and O–H groups in total. The number of carbonyl (C=O) groups is 1. The summed E-state index contributed by atoms with van der Waals surface area (Å²) in [6.45, 7) is 3.20. The van der Waals surface area contributed by atoms with Crippen molar-refractivity contribution in [2.45, 2.75) is 18.7 Å². The van der Waals surface area contributed by atoms with Crippen LogP contribution in [0.15, 0.2) is 78.0 Å². The van der Waals surface area contributed by atoms with Crippen LogP contribution in [0.5, 0.6) is 0 Å². The molecule has 7 nitrogen and oxygen atoms in total. The number of aryl methyl sites for hydroxylation is 2. The average molecular weight is 569 g/mol. The number of hydrogen-bond acceptors (Lipinski definition) is 5. The molecular formula is C21H19Br2N3O4S. The molecule has 3 aromatic rings. The highest BCUT2D eigenvalue weighted by molar-refractivity contribution is 9.10. The number of hydrazone groups is 1. The predicted molar refractivity (Wildman–Crippen MR) is 127 cm³/mol. The van der Waals surface area contributed by atoms with Crippen LogP contribution in [0.3, 0.4) is 0 Å². The van der Waals surface area contributed by atoms with E-state index in [2.05, 4.69) is 42.4 Å². The van der Waals surface area contributed by atoms with Crippen molar-refractivity contribution in [1.29, 1.82) is 0 Å². The summed E-state index contributed by atoms with van der Waals surface area (Å²) < 4.78 is 34.6. The number of sulfonamides is 1. The fourth-order valence-corrected chi connectivity index (χ4v) is 4.63. The number of carbonyl (C=O) groups excluding carboxylic acids is 1. The second-order valence-corrected chi connectivity index (χ2v) is 10.3. The summed E-state index contributed by atoms with van der Waals surface area (Å²) in [7, 11) is -3.98. The molecule has 1 heterocycles. The van der Waals surface area contributed by atoms with E-state index in [1.165, 1.54) is 18.3 Å². The van der Waals surface area contributed by atoms with Gasteiger partial charge in [0.2, 0.25) is 0 Å². The van der Waals surface area contributed by atoms with Crippen LogP contribution in [-0.2, 0) is 14.8 Å². The van der Waals surface area contributed by atoms with Gasteiger partial charge in [-0.25, -0.2) is 13.8 Å². The SMILES string of the molecule is Cc1ccc(S(=O)(=O)N(CC(=O)N/N=C\c2cc(Br)c(C)o2)c2ccc(Br)cc2)cc1. The zero-order valence-corrected chi connectivity index (χ0v) is 20.7. The smallest absolute Gasteiger partial charge is 0.264 e. The van der Waals surface area contributed by atoms with Crippen LogP contribution >= 0.6 is 31.9 Å². The van der Waals surface area contributed by atoms with Crippen molar-refractivity contribution in [3.8, 4) is 0 Å². The Morgan fingerprint density at radius 3 is 2.32 bits per heavy atom. The first-order valence-corrected chi connectivity index (χ1v) is 12.1. The quantitative estimate of drug-likeness (QED) is 0.328. The second kappa shape index (κ2) is 9.80. The zero-order valence-electron chi connectivity index (χ0n) is 16.7. The van der Waals surface area contributed by atoms with E-state index < -0.39 is 22.5 Å². The first kappa shape index (κ1) is 23.2. The molecule has 0 saturated carbocycles. The van der Waals surface area contributed by atoms with Gasteiger partial charge in [-0.05, 0) is 66.2 Å². The molecule has 0 atom stereocenters. The lowest BCUT2D eigenvalue weighted by atomic mass is 10.2. The minimum atomic E-state index is -3.98. The Bertz CT molecular complexity index is 1180. The van der Waals surface area contributed by atoms with E-state index in [1.807, 2.05) is 6.92 Å². The summed E-state index contributed by atoms with van der Waals surface area (Å²) in [5, 5.41) is 3.86. The van der Waals surface area contributed by atoms with E-state index >= 15 is 0 Å². The van der Waals surface area contributed by atoms with E-state index in [4.69, 9.17) is 4.42 Å². The fourth-order valence-electron chi connectivity index (χ4n) is 2.64. The van der Waals surface area contributed by atoms with E-state index in [1.54, 1.807) is 49.4 Å². The lowest BCUT2D eigenvalue weighted by Crippen LogP contribution is -2.39. The molecule has 31 heavy (non-hydrogen) atoms. The number of halogens is 2. The molecule has 0 aliphatic heterocycles. The topological polar surface area (TPSA) is 92.0 Å². The maximum absolute atomic E-state index is 13.3. The van der Waals surface area contributed by atoms with Crippen molar-refractivity contribution < 1.29 is 17.6 Å². The molecule has 0 bridgehead atoms. The number of furan rings is 1. The fraction of sp³-hybridized carbons (Fsp3) is 0.143. The summed E-state index contributed by atoms with van der Waals surface area (Å²) in [6, 6.07) is 14.8. The minimum Gasteiger partial charge on any atom is -0.459 e. The van der Waals surface area contributed by atoms with Crippen LogP contribution in [0, 0.1) is 13.8 Å². The van der Waals surface area contributed by atoms with Crippen molar-refractivity contribution in [1.82, 2.24) is 5.43 Å². The normalized spacial score (nSPS) is 11.6. The van der Waals surface area contributed by atoms with Gasteiger partial charge >= 0.3 is 0 Å². The molecule has 3 rings (SSSR count). The molecular weight excluding hydrogens is 550 g/mol. The van der Waals surface area contributed by atoms with Gasteiger partial charge in [0.1, 0.15) is 18.1 Å². The van der Waals surface area contributed by atoms with Crippen LogP contribution in [0.1, 0.15) is 17.1 Å². The first-order valence-electron chi connectivity index (χ1n) is 9.09. The molecule has 2 aromatic carbocycles. The highest BCUT2D eigenvalue weighted by atomic mass is 79.9. The Morgan fingerprint density at radius 2 is 1.74 bits per heavy atom. The summed E-state index contributed by atoms with van der Waals surface area (Å²) in [6.07, 6.45) is 1.34. The van der Waals surface area contributed by atoms with Crippen LogP contribution in [-0.4, -0.2) is 27.1 Å². The molecule has 1 aromatic heterocycles. The molecule has 10 heteroatoms. The molecule has 0 saturated heterocycles. The van der Waals surface area contributed by atoms with Gasteiger partial charge in [-0.3, -0.25) is 9.10 Å². The van der Waals surface area contributed by atoms with Gasteiger partial charge in [0, 0.05) is 10.5 Å². The second-order valence-electron chi connectivity index (χ2n) is 6.65. The summed E-state index contributed by atoms with van der Waals surface area (Å²) >= 11 is 6.66. The number of nitrogens with one attached hydrogen (secondary N) is 1. The molecule has 0 spiro atoms. The van der Waals surface area contributed by atoms with Gasteiger partial charge < -0.3 is 4.42 Å². The number of rotatable bonds is 7. The Morgan fingerprint density at radius 1 is 1.10 bits per heavy atom. The van der Waals surface area contributed by atoms with Gasteiger partial charge in [0.15, 0.2) is 0 Å². The number of amides is 1. The maximum atomic E-state index is 13.3. The van der Waals surface area contributed by atoms with Gasteiger partial charge in [-0.1, -0.05) is 33.6 Å². The lowest BCUT2D eigenvalue weighted by molar-refractivity contribution is -0.119. The number of hydrogen-bond donors (Lipinski definition) is 1. The van der Waals surface area contributed by atoms with E-state index in [0.717, 1.165) is 18.8 Å². The van der Waals surface area contributed by atoms with E-state index in [0.29, 0.717) is 17.2 Å². The minimum absolute atomic E-state index is 0.0910. The molecule has 0 aliphatic rings. The third kappa shape index (κ3) is 5.84. The Kier molecular flexibility index (Phi) is 7.34. The maximum Gasteiger partial charge on any atom is 0.264 e. The Labute approximate surface area is 197 Å². The summed E-state index contributed by atoms with van der Waals surface area (Å²) in [4.78, 5) is 12.6. The van der Waals surface area contributed by atoms with Crippen molar-refractivity contribution in [2.24, 2.45) is 5.10 Å². The molecule has 0 aliphatic carbocycles. The number of nitrogens with zero attached hydrogens (tertiary/aromatic N) is 2. The summed E-state index contributed by atoms with van der Waals surface area (Å²) in [5.41, 5.74) is 3.63. The summed E-state index contributed by atoms with van der Waals surface area (Å²) in [5.74, 6) is 0.525. The van der Waals surface area contributed by atoms with Crippen LogP contribution < -0.4 is 9.73 Å². The first-order chi connectivity index (χ1) is 14.7. The van der Waals surface area contributed by atoms with Crippen molar-refractivity contribution in [3.05, 3.63) is 80.6 Å². The highest BCUT2D eigenvalue weighted by Crippen LogP contribution is 2.25. The lowest BCUT2D eigenvalue weighted by Gasteiger charge is -2.23. The Hall–Kier alpha value is -2.43. The van der Waals surface area contributed by atoms with Gasteiger partial charge in [-0.2, -0.15) is 5.10 Å². The predicted octanol–water partition coefficient (Wildman–Crippen LogP) is 4.77. The van der Waals surface area contributed by atoms with Gasteiger partial charge in [0.05, 0.1) is 21.3 Å². The monoisotopic (exact) mass is 567 g/mol. The third-order valence-electron chi connectivity index (χ3n) is 4.27. The molecule has 0 fully saturated rings. The molecule has 1 amide bonds. The van der Waals surface area contributed by atoms with Gasteiger partial charge in [-0.15, -0.1) is 0 Å². The molecule has 0 unspecified atom stereocenters. The van der Waals surface area contributed by atoms with E-state index in [-0.39, 0.29) is 4.90 Å². The average Bonchev–Trinajstić information content (AvgIpc) is 3.04.